The maximum Gasteiger partial charge on any atom is 0.416 e. The molecule has 1 amide bonds. The summed E-state index contributed by atoms with van der Waals surface area (Å²) in [6.07, 6.45) is 2.89. The van der Waals surface area contributed by atoms with Crippen molar-refractivity contribution in [3.63, 3.8) is 0 Å². The average Bonchev–Trinajstić information content (AvgIpc) is 3.29. The van der Waals surface area contributed by atoms with Crippen LogP contribution < -0.4 is 20.5 Å². The molecule has 12 heteroatoms. The summed E-state index contributed by atoms with van der Waals surface area (Å²) in [4.78, 5) is 46.0. The largest absolute Gasteiger partial charge is 0.487 e. The molecule has 0 aliphatic carbocycles. The third-order valence-corrected chi connectivity index (χ3v) is 5.89. The van der Waals surface area contributed by atoms with Gasteiger partial charge in [0.25, 0.3) is 5.56 Å². The first-order chi connectivity index (χ1) is 17.4. The fraction of sp³-hybridized carbons (Fsp3) is 0.250. The summed E-state index contributed by atoms with van der Waals surface area (Å²) in [5, 5.41) is 4.28. The number of nitrogens with one attached hydrogen (secondary N) is 2. The van der Waals surface area contributed by atoms with Gasteiger partial charge in [-0.05, 0) is 32.0 Å². The Kier molecular flexibility index (Phi) is 6.38. The van der Waals surface area contributed by atoms with E-state index < -0.39 is 12.1 Å². The highest BCUT2D eigenvalue weighted by Crippen LogP contribution is 2.30. The van der Waals surface area contributed by atoms with Gasteiger partial charge in [-0.3, -0.25) is 9.78 Å². The van der Waals surface area contributed by atoms with Crippen molar-refractivity contribution in [1.82, 2.24) is 24.9 Å². The lowest BCUT2D eigenvalue weighted by Gasteiger charge is -2.17. The lowest BCUT2D eigenvalue weighted by atomic mass is 10.1. The molecule has 0 spiro atoms. The first kappa shape index (κ1) is 23.5. The Bertz CT molecular complexity index is 1500. The van der Waals surface area contributed by atoms with Crippen LogP contribution in [0.5, 0.6) is 5.75 Å². The zero-order valence-electron chi connectivity index (χ0n) is 19.5. The summed E-state index contributed by atoms with van der Waals surface area (Å²) in [6, 6.07) is 8.47. The predicted molar refractivity (Wildman–Crippen MR) is 133 cm³/mol. The lowest BCUT2D eigenvalue weighted by molar-refractivity contribution is 0.181. The molecule has 0 radical (unpaired) electrons. The van der Waals surface area contributed by atoms with E-state index in [9.17, 15) is 9.59 Å². The minimum atomic E-state index is -0.508. The molecule has 2 N–H and O–H groups in total. The second kappa shape index (κ2) is 9.78. The number of H-pyrrole nitrogens is 1. The standard InChI is InChI=1S/C24H22ClN7O4/c1-13(27-22-28-14(2)29-23(31-22)32-6-7-35-24(32)34)17-8-16-9-18(25)20(10-19(16)30-21(17)33)36-12-15-4-3-5-26-11-15/h3-5,8-11,13H,6-7,12H2,1-2H3,(H,30,33)(H,27,28,29,31)/t13-/m0/s1. The molecule has 4 heterocycles. The monoisotopic (exact) mass is 507 g/mol. The third kappa shape index (κ3) is 4.91. The molecule has 1 fully saturated rings. The number of ether oxygens (including phenoxy) is 2. The molecule has 1 atom stereocenters. The van der Waals surface area contributed by atoms with E-state index in [1.165, 1.54) is 4.90 Å². The Morgan fingerprint density at radius 3 is 2.86 bits per heavy atom. The number of rotatable bonds is 7. The molecule has 3 aromatic heterocycles. The molecular weight excluding hydrogens is 486 g/mol. The van der Waals surface area contributed by atoms with E-state index in [-0.39, 0.29) is 24.1 Å². The first-order valence-corrected chi connectivity index (χ1v) is 11.6. The minimum absolute atomic E-state index is 0.192. The van der Waals surface area contributed by atoms with Crippen LogP contribution in [0.1, 0.15) is 29.9 Å². The molecule has 4 aromatic rings. The maximum absolute atomic E-state index is 12.9. The molecule has 5 rings (SSSR count). The number of benzene rings is 1. The number of aryl methyl sites for hydroxylation is 1. The average molecular weight is 508 g/mol. The summed E-state index contributed by atoms with van der Waals surface area (Å²) in [6.45, 7) is 4.43. The van der Waals surface area contributed by atoms with Gasteiger partial charge in [0.1, 0.15) is 24.8 Å². The van der Waals surface area contributed by atoms with Gasteiger partial charge in [-0.2, -0.15) is 15.0 Å². The van der Waals surface area contributed by atoms with E-state index in [0.29, 0.717) is 40.8 Å². The van der Waals surface area contributed by atoms with Crippen LogP contribution >= 0.6 is 11.6 Å². The number of hydrogen-bond acceptors (Lipinski definition) is 9. The summed E-state index contributed by atoms with van der Waals surface area (Å²) >= 11 is 6.46. The molecule has 0 saturated carbocycles. The van der Waals surface area contributed by atoms with Crippen molar-refractivity contribution in [3.8, 4) is 5.75 Å². The van der Waals surface area contributed by atoms with E-state index in [2.05, 4.69) is 30.2 Å². The number of aromatic nitrogens is 5. The van der Waals surface area contributed by atoms with Crippen molar-refractivity contribution >= 4 is 40.5 Å². The lowest BCUT2D eigenvalue weighted by Crippen LogP contribution is -2.27. The van der Waals surface area contributed by atoms with E-state index in [4.69, 9.17) is 21.1 Å². The van der Waals surface area contributed by atoms with Crippen LogP contribution in [0.15, 0.2) is 47.5 Å². The number of nitrogens with zero attached hydrogens (tertiary/aromatic N) is 5. The summed E-state index contributed by atoms with van der Waals surface area (Å²) < 4.78 is 10.8. The second-order valence-corrected chi connectivity index (χ2v) is 8.62. The zero-order chi connectivity index (χ0) is 25.2. The Hall–Kier alpha value is -4.25. The summed E-state index contributed by atoms with van der Waals surface area (Å²) in [7, 11) is 0. The van der Waals surface area contributed by atoms with E-state index in [1.807, 2.05) is 19.1 Å². The highest BCUT2D eigenvalue weighted by atomic mass is 35.5. The highest BCUT2D eigenvalue weighted by molar-refractivity contribution is 6.32. The Morgan fingerprint density at radius 1 is 1.25 bits per heavy atom. The fourth-order valence-corrected chi connectivity index (χ4v) is 4.03. The molecule has 1 aromatic carbocycles. The molecule has 0 unspecified atom stereocenters. The van der Waals surface area contributed by atoms with Crippen LogP contribution in [0.3, 0.4) is 0 Å². The predicted octanol–water partition coefficient (Wildman–Crippen LogP) is 3.78. The number of halogens is 1. The number of carbonyl (C=O) groups is 1. The van der Waals surface area contributed by atoms with Crippen molar-refractivity contribution in [2.24, 2.45) is 0 Å². The summed E-state index contributed by atoms with van der Waals surface area (Å²) in [5.74, 6) is 1.31. The quantitative estimate of drug-likeness (QED) is 0.383. The fourth-order valence-electron chi connectivity index (χ4n) is 3.80. The highest BCUT2D eigenvalue weighted by Gasteiger charge is 2.27. The van der Waals surface area contributed by atoms with Crippen LogP contribution in [0.2, 0.25) is 5.02 Å². The smallest absolute Gasteiger partial charge is 0.416 e. The van der Waals surface area contributed by atoms with Gasteiger partial charge in [-0.1, -0.05) is 17.7 Å². The van der Waals surface area contributed by atoms with Gasteiger partial charge >= 0.3 is 6.09 Å². The SMILES string of the molecule is Cc1nc(N[C@@H](C)c2cc3cc(Cl)c(OCc4cccnc4)cc3[nH]c2=O)nc(N2CCOC2=O)n1. The first-order valence-electron chi connectivity index (χ1n) is 11.2. The normalized spacial score (nSPS) is 14.1. The van der Waals surface area contributed by atoms with Gasteiger partial charge < -0.3 is 19.8 Å². The van der Waals surface area contributed by atoms with Gasteiger partial charge in [0.15, 0.2) is 0 Å². The van der Waals surface area contributed by atoms with E-state index in [0.717, 1.165) is 10.9 Å². The number of aromatic amines is 1. The molecule has 11 nitrogen and oxygen atoms in total. The van der Waals surface area contributed by atoms with Crippen LogP contribution in [0.25, 0.3) is 10.9 Å². The molecule has 1 saturated heterocycles. The van der Waals surface area contributed by atoms with Gasteiger partial charge in [0.05, 0.1) is 23.1 Å². The number of fused-ring (bicyclic) bond motifs is 1. The number of amides is 1. The van der Waals surface area contributed by atoms with Crippen LogP contribution in [-0.4, -0.2) is 44.2 Å². The molecule has 1 aliphatic heterocycles. The number of pyridine rings is 2. The molecule has 1 aliphatic rings. The summed E-state index contributed by atoms with van der Waals surface area (Å²) in [5.41, 5.74) is 1.67. The number of anilines is 2. The van der Waals surface area contributed by atoms with Crippen molar-refractivity contribution in [2.45, 2.75) is 26.5 Å². The van der Waals surface area contributed by atoms with Crippen LogP contribution in [0.4, 0.5) is 16.7 Å². The van der Waals surface area contributed by atoms with Gasteiger partial charge in [-0.25, -0.2) is 9.69 Å². The van der Waals surface area contributed by atoms with Gasteiger partial charge in [0.2, 0.25) is 11.9 Å². The topological polar surface area (TPSA) is 135 Å². The van der Waals surface area contributed by atoms with Crippen molar-refractivity contribution in [1.29, 1.82) is 0 Å². The Morgan fingerprint density at radius 2 is 2.11 bits per heavy atom. The Balaban J connectivity index is 1.38. The molecule has 36 heavy (non-hydrogen) atoms. The van der Waals surface area contributed by atoms with Crippen molar-refractivity contribution in [3.05, 3.63) is 75.1 Å². The van der Waals surface area contributed by atoms with Crippen molar-refractivity contribution < 1.29 is 14.3 Å². The third-order valence-electron chi connectivity index (χ3n) is 5.59. The Labute approximate surface area is 210 Å². The van der Waals surface area contributed by atoms with Crippen LogP contribution in [0, 0.1) is 6.92 Å². The maximum atomic E-state index is 12.9. The van der Waals surface area contributed by atoms with Crippen molar-refractivity contribution in [2.75, 3.05) is 23.4 Å². The number of hydrogen-bond donors (Lipinski definition) is 2. The van der Waals surface area contributed by atoms with Gasteiger partial charge in [0, 0.05) is 35.0 Å². The molecular formula is C24H22ClN7O4. The number of carbonyl (C=O) groups excluding carboxylic acids is 1. The minimum Gasteiger partial charge on any atom is -0.487 e. The molecule has 184 valence electrons. The van der Waals surface area contributed by atoms with Crippen LogP contribution in [-0.2, 0) is 11.3 Å². The zero-order valence-corrected chi connectivity index (χ0v) is 20.2. The number of cyclic esters (lactones) is 1. The van der Waals surface area contributed by atoms with E-state index >= 15 is 0 Å². The van der Waals surface area contributed by atoms with E-state index in [1.54, 1.807) is 37.5 Å². The molecule has 0 bridgehead atoms. The second-order valence-electron chi connectivity index (χ2n) is 8.21. The van der Waals surface area contributed by atoms with Gasteiger partial charge in [-0.15, -0.1) is 0 Å².